The minimum atomic E-state index is -0.609. The molecule has 0 saturated heterocycles. The van der Waals surface area contributed by atoms with Gasteiger partial charge in [0.1, 0.15) is 11.5 Å². The number of carbonyl (C=O) groups is 2. The van der Waals surface area contributed by atoms with Crippen LogP contribution in [0.4, 0.5) is 0 Å². The van der Waals surface area contributed by atoms with Gasteiger partial charge in [-0.05, 0) is 30.7 Å². The summed E-state index contributed by atoms with van der Waals surface area (Å²) in [5.74, 6) is 0.515. The van der Waals surface area contributed by atoms with Crippen LogP contribution in [0.25, 0.3) is 0 Å². The second-order valence-electron chi connectivity index (χ2n) is 5.26. The third-order valence-corrected chi connectivity index (χ3v) is 3.49. The van der Waals surface area contributed by atoms with Crippen molar-refractivity contribution in [1.82, 2.24) is 5.32 Å². The fraction of sp³-hybridized carbons (Fsp3) is 0.222. The second-order valence-corrected chi connectivity index (χ2v) is 5.26. The molecule has 0 unspecified atom stereocenters. The summed E-state index contributed by atoms with van der Waals surface area (Å²) in [5, 5.41) is 2.79. The maximum Gasteiger partial charge on any atom is 0.311 e. The zero-order valence-electron chi connectivity index (χ0n) is 12.7. The Bertz CT molecular complexity index is 741. The van der Waals surface area contributed by atoms with E-state index >= 15 is 0 Å². The van der Waals surface area contributed by atoms with Gasteiger partial charge >= 0.3 is 5.97 Å². The number of esters is 1. The molecular weight excluding hydrogens is 294 g/mol. The van der Waals surface area contributed by atoms with Crippen LogP contribution in [0.15, 0.2) is 48.5 Å². The Labute approximate surface area is 134 Å². The molecule has 23 heavy (non-hydrogen) atoms. The third kappa shape index (κ3) is 3.34. The molecule has 0 radical (unpaired) electrons. The van der Waals surface area contributed by atoms with Gasteiger partial charge < -0.3 is 14.8 Å². The first kappa shape index (κ1) is 15.1. The maximum atomic E-state index is 12.1. The monoisotopic (exact) mass is 311 g/mol. The van der Waals surface area contributed by atoms with Gasteiger partial charge in [-0.1, -0.05) is 31.2 Å². The summed E-state index contributed by atoms with van der Waals surface area (Å²) in [4.78, 5) is 23.7. The summed E-state index contributed by atoms with van der Waals surface area (Å²) >= 11 is 0. The molecule has 1 amide bonds. The molecule has 1 aliphatic rings. The molecule has 0 spiro atoms. The van der Waals surface area contributed by atoms with Gasteiger partial charge in [-0.3, -0.25) is 9.59 Å². The molecule has 3 rings (SSSR count). The van der Waals surface area contributed by atoms with Crippen LogP contribution in [-0.4, -0.2) is 11.9 Å². The van der Waals surface area contributed by atoms with Crippen LogP contribution in [0, 0.1) is 0 Å². The van der Waals surface area contributed by atoms with E-state index in [-0.39, 0.29) is 11.9 Å². The number of fused-ring (bicyclic) bond motifs is 1. The normalized spacial score (nSPS) is 16.0. The van der Waals surface area contributed by atoms with Crippen molar-refractivity contribution in [2.24, 2.45) is 0 Å². The van der Waals surface area contributed by atoms with E-state index < -0.39 is 6.23 Å². The first-order chi connectivity index (χ1) is 11.2. The lowest BCUT2D eigenvalue weighted by molar-refractivity contribution is -0.134. The van der Waals surface area contributed by atoms with Gasteiger partial charge in [-0.15, -0.1) is 0 Å². The largest absolute Gasteiger partial charge is 0.466 e. The van der Waals surface area contributed by atoms with E-state index in [0.717, 1.165) is 12.0 Å². The molecule has 0 aliphatic carbocycles. The van der Waals surface area contributed by atoms with Crippen molar-refractivity contribution < 1.29 is 19.1 Å². The molecule has 1 heterocycles. The van der Waals surface area contributed by atoms with Gasteiger partial charge in [-0.2, -0.15) is 0 Å². The highest BCUT2D eigenvalue weighted by molar-refractivity contribution is 5.98. The van der Waals surface area contributed by atoms with Gasteiger partial charge in [0.25, 0.3) is 5.91 Å². The van der Waals surface area contributed by atoms with Crippen LogP contribution in [0.3, 0.4) is 0 Å². The van der Waals surface area contributed by atoms with Crippen molar-refractivity contribution in [3.05, 3.63) is 59.7 Å². The summed E-state index contributed by atoms with van der Waals surface area (Å²) in [5.41, 5.74) is 1.23. The van der Waals surface area contributed by atoms with Crippen LogP contribution in [-0.2, 0) is 4.79 Å². The average Bonchev–Trinajstić information content (AvgIpc) is 2.55. The predicted octanol–water partition coefficient (Wildman–Crippen LogP) is 3.21. The third-order valence-electron chi connectivity index (χ3n) is 3.49. The summed E-state index contributed by atoms with van der Waals surface area (Å²) in [6.45, 7) is 1.92. The molecular formula is C18H17NO4. The van der Waals surface area contributed by atoms with Gasteiger partial charge in [0.2, 0.25) is 0 Å². The number of nitrogens with one attached hydrogen (secondary N) is 1. The summed E-state index contributed by atoms with van der Waals surface area (Å²) < 4.78 is 11.1. The Balaban J connectivity index is 1.80. The lowest BCUT2D eigenvalue weighted by Gasteiger charge is -2.27. The predicted molar refractivity (Wildman–Crippen MR) is 84.3 cm³/mol. The summed E-state index contributed by atoms with van der Waals surface area (Å²) in [6.07, 6.45) is 0.493. The molecule has 0 saturated carbocycles. The lowest BCUT2D eigenvalue weighted by atomic mass is 10.1. The highest BCUT2D eigenvalue weighted by Crippen LogP contribution is 2.30. The molecule has 1 atom stereocenters. The van der Waals surface area contributed by atoms with Gasteiger partial charge in [-0.25, -0.2) is 0 Å². The van der Waals surface area contributed by atoms with E-state index in [0.29, 0.717) is 23.5 Å². The first-order valence-electron chi connectivity index (χ1n) is 7.54. The molecule has 0 fully saturated rings. The van der Waals surface area contributed by atoms with Crippen molar-refractivity contribution in [2.75, 3.05) is 0 Å². The minimum Gasteiger partial charge on any atom is -0.466 e. The van der Waals surface area contributed by atoms with Crippen LogP contribution in [0.2, 0.25) is 0 Å². The smallest absolute Gasteiger partial charge is 0.311 e. The van der Waals surface area contributed by atoms with Crippen LogP contribution in [0.5, 0.6) is 11.5 Å². The fourth-order valence-electron chi connectivity index (χ4n) is 2.39. The minimum absolute atomic E-state index is 0.190. The summed E-state index contributed by atoms with van der Waals surface area (Å²) in [6, 6.07) is 14.1. The molecule has 0 bridgehead atoms. The van der Waals surface area contributed by atoms with E-state index in [1.54, 1.807) is 36.4 Å². The zero-order chi connectivity index (χ0) is 16.2. The zero-order valence-corrected chi connectivity index (χ0v) is 12.7. The molecule has 0 aromatic heterocycles. The number of rotatable bonds is 4. The van der Waals surface area contributed by atoms with E-state index in [1.807, 2.05) is 19.1 Å². The van der Waals surface area contributed by atoms with Crippen LogP contribution >= 0.6 is 0 Å². The highest BCUT2D eigenvalue weighted by Gasteiger charge is 2.26. The number of para-hydroxylation sites is 1. The first-order valence-corrected chi connectivity index (χ1v) is 7.54. The van der Waals surface area contributed by atoms with E-state index in [1.165, 1.54) is 0 Å². The van der Waals surface area contributed by atoms with E-state index in [2.05, 4.69) is 5.32 Å². The average molecular weight is 311 g/mol. The molecule has 118 valence electrons. The Morgan fingerprint density at radius 3 is 2.87 bits per heavy atom. The standard InChI is InChI=1S/C18H17NO4/c1-2-6-16(20)22-13-8-5-7-12(11-13)18-19-17(21)14-9-3-4-10-15(14)23-18/h3-5,7-11,18H,2,6H2,1H3,(H,19,21)/t18-/m1/s1. The Morgan fingerprint density at radius 2 is 2.04 bits per heavy atom. The van der Waals surface area contributed by atoms with Gasteiger partial charge in [0.15, 0.2) is 6.23 Å². The number of hydrogen-bond acceptors (Lipinski definition) is 4. The lowest BCUT2D eigenvalue weighted by Crippen LogP contribution is -2.36. The number of amides is 1. The van der Waals surface area contributed by atoms with E-state index in [9.17, 15) is 9.59 Å². The second kappa shape index (κ2) is 6.52. The van der Waals surface area contributed by atoms with E-state index in [4.69, 9.17) is 9.47 Å². The molecule has 1 aliphatic heterocycles. The maximum absolute atomic E-state index is 12.1. The molecule has 1 N–H and O–H groups in total. The Kier molecular flexibility index (Phi) is 4.28. The van der Waals surface area contributed by atoms with Crippen molar-refractivity contribution in [3.8, 4) is 11.5 Å². The number of benzene rings is 2. The van der Waals surface area contributed by atoms with Gasteiger partial charge in [0.05, 0.1) is 5.56 Å². The van der Waals surface area contributed by atoms with Crippen LogP contribution < -0.4 is 14.8 Å². The Hall–Kier alpha value is -2.82. The van der Waals surface area contributed by atoms with Crippen molar-refractivity contribution in [1.29, 1.82) is 0 Å². The number of hydrogen-bond donors (Lipinski definition) is 1. The molecule has 2 aromatic rings. The van der Waals surface area contributed by atoms with Crippen molar-refractivity contribution >= 4 is 11.9 Å². The topological polar surface area (TPSA) is 64.6 Å². The quantitative estimate of drug-likeness (QED) is 0.695. The Morgan fingerprint density at radius 1 is 1.22 bits per heavy atom. The fourth-order valence-corrected chi connectivity index (χ4v) is 2.39. The molecule has 5 heteroatoms. The molecule has 2 aromatic carbocycles. The molecule has 5 nitrogen and oxygen atoms in total. The van der Waals surface area contributed by atoms with Crippen molar-refractivity contribution in [2.45, 2.75) is 26.0 Å². The van der Waals surface area contributed by atoms with Gasteiger partial charge in [0, 0.05) is 12.0 Å². The van der Waals surface area contributed by atoms with Crippen molar-refractivity contribution in [3.63, 3.8) is 0 Å². The van der Waals surface area contributed by atoms with Crippen LogP contribution in [0.1, 0.15) is 41.9 Å². The highest BCUT2D eigenvalue weighted by atomic mass is 16.5. The number of ether oxygens (including phenoxy) is 2. The number of carbonyl (C=O) groups excluding carboxylic acids is 2. The summed E-state index contributed by atoms with van der Waals surface area (Å²) in [7, 11) is 0. The SMILES string of the molecule is CCCC(=O)Oc1cccc([C@@H]2NC(=O)c3ccccc3O2)c1.